The summed E-state index contributed by atoms with van der Waals surface area (Å²) in [5.74, 6) is 0.0889. The van der Waals surface area contributed by atoms with E-state index in [9.17, 15) is 14.3 Å². The van der Waals surface area contributed by atoms with Crippen LogP contribution in [0, 0.1) is 5.82 Å². The molecule has 1 fully saturated rings. The first kappa shape index (κ1) is 25.5. The number of carbonyl (C=O) groups is 1. The van der Waals surface area contributed by atoms with Crippen molar-refractivity contribution in [2.24, 2.45) is 0 Å². The Bertz CT molecular complexity index is 1480. The number of anilines is 1. The Balaban J connectivity index is 1.33. The number of nitrogen functional groups attached to an aromatic ring is 1. The number of pyridine rings is 1. The summed E-state index contributed by atoms with van der Waals surface area (Å²) < 4.78 is 16.0. The van der Waals surface area contributed by atoms with Crippen LogP contribution in [0.2, 0.25) is 0 Å². The molecule has 4 N–H and O–H groups in total. The minimum absolute atomic E-state index is 0.0206. The van der Waals surface area contributed by atoms with Gasteiger partial charge in [0, 0.05) is 48.4 Å². The second kappa shape index (κ2) is 9.96. The van der Waals surface area contributed by atoms with Crippen molar-refractivity contribution < 1.29 is 14.3 Å². The van der Waals surface area contributed by atoms with E-state index in [1.54, 1.807) is 36.8 Å². The average Bonchev–Trinajstić information content (AvgIpc) is 3.28. The van der Waals surface area contributed by atoms with Gasteiger partial charge in [-0.1, -0.05) is 0 Å². The molecule has 37 heavy (non-hydrogen) atoms. The lowest BCUT2D eigenvalue weighted by molar-refractivity contribution is -0.136. The zero-order valence-corrected chi connectivity index (χ0v) is 22.3. The van der Waals surface area contributed by atoms with Gasteiger partial charge in [-0.15, -0.1) is 0 Å². The normalized spacial score (nSPS) is 15.1. The number of halogens is 2. The summed E-state index contributed by atoms with van der Waals surface area (Å²) in [4.78, 5) is 23.5. The Morgan fingerprint density at radius 3 is 2.76 bits per heavy atom. The van der Waals surface area contributed by atoms with Gasteiger partial charge in [-0.25, -0.2) is 9.37 Å². The summed E-state index contributed by atoms with van der Waals surface area (Å²) >= 11 is 3.57. The van der Waals surface area contributed by atoms with E-state index in [0.29, 0.717) is 46.5 Å². The molecule has 4 aromatic rings. The summed E-state index contributed by atoms with van der Waals surface area (Å²) in [6.07, 6.45) is 5.15. The molecule has 1 aromatic carbocycles. The second-order valence-corrected chi connectivity index (χ2v) is 10.9. The molecule has 0 unspecified atom stereocenters. The molecular weight excluding hydrogens is 541 g/mol. The summed E-state index contributed by atoms with van der Waals surface area (Å²) in [7, 11) is 0. The number of aromatic nitrogens is 4. The lowest BCUT2D eigenvalue weighted by Gasteiger charge is -2.33. The highest BCUT2D eigenvalue weighted by Crippen LogP contribution is 2.31. The molecule has 11 heteroatoms. The highest BCUT2D eigenvalue weighted by atomic mass is 79.9. The molecule has 0 bridgehead atoms. The minimum atomic E-state index is -1.01. The molecule has 9 nitrogen and oxygen atoms in total. The van der Waals surface area contributed by atoms with Gasteiger partial charge in [0.15, 0.2) is 5.65 Å². The fourth-order valence-electron chi connectivity index (χ4n) is 4.67. The maximum atomic E-state index is 13.8. The third-order valence-electron chi connectivity index (χ3n) is 6.64. The van der Waals surface area contributed by atoms with Gasteiger partial charge in [0.05, 0.1) is 33.9 Å². The first-order valence-corrected chi connectivity index (χ1v) is 13.0. The van der Waals surface area contributed by atoms with E-state index in [0.717, 1.165) is 29.7 Å². The molecular formula is C26H29BrFN7O2. The highest BCUT2D eigenvalue weighted by molar-refractivity contribution is 9.10. The van der Waals surface area contributed by atoms with Gasteiger partial charge < -0.3 is 21.1 Å². The van der Waals surface area contributed by atoms with Crippen molar-refractivity contribution >= 4 is 44.2 Å². The molecule has 0 aliphatic carbocycles. The number of benzene rings is 1. The Kier molecular flexibility index (Phi) is 6.86. The maximum Gasteiger partial charge on any atom is 0.225 e. The van der Waals surface area contributed by atoms with Crippen molar-refractivity contribution in [3.63, 3.8) is 0 Å². The van der Waals surface area contributed by atoms with E-state index in [2.05, 4.69) is 31.3 Å². The molecule has 1 amide bonds. The maximum absolute atomic E-state index is 13.8. The highest BCUT2D eigenvalue weighted by Gasteiger charge is 2.27. The number of nitrogens with two attached hydrogens (primary N) is 1. The van der Waals surface area contributed by atoms with E-state index in [-0.39, 0.29) is 24.2 Å². The van der Waals surface area contributed by atoms with E-state index >= 15 is 0 Å². The lowest BCUT2D eigenvalue weighted by atomic mass is 10.0. The molecule has 194 valence electrons. The average molecular weight is 570 g/mol. The molecule has 0 spiro atoms. The number of hydrogen-bond acceptors (Lipinski definition) is 7. The summed E-state index contributed by atoms with van der Waals surface area (Å²) in [5, 5.41) is 18.6. The lowest BCUT2D eigenvalue weighted by Crippen LogP contribution is -2.46. The molecule has 0 saturated carbocycles. The van der Waals surface area contributed by atoms with Gasteiger partial charge >= 0.3 is 0 Å². The van der Waals surface area contributed by atoms with E-state index < -0.39 is 5.60 Å². The summed E-state index contributed by atoms with van der Waals surface area (Å²) in [5.41, 5.74) is 8.93. The van der Waals surface area contributed by atoms with Crippen LogP contribution in [0.4, 0.5) is 10.2 Å². The number of likely N-dealkylation sites (tertiary alicyclic amines) is 1. The Labute approximate surface area is 222 Å². The molecule has 4 heterocycles. The zero-order chi connectivity index (χ0) is 26.3. The van der Waals surface area contributed by atoms with Gasteiger partial charge in [0.2, 0.25) is 5.91 Å². The number of amides is 1. The van der Waals surface area contributed by atoms with Crippen LogP contribution >= 0.6 is 15.9 Å². The number of nitrogens with zero attached hydrogens (tertiary/aromatic N) is 5. The quantitative estimate of drug-likeness (QED) is 0.324. The summed E-state index contributed by atoms with van der Waals surface area (Å²) in [6, 6.07) is 6.58. The molecule has 1 aliphatic heterocycles. The Morgan fingerprint density at radius 1 is 1.27 bits per heavy atom. The number of nitrogens with one attached hydrogen (secondary N) is 1. The molecule has 0 atom stereocenters. The third kappa shape index (κ3) is 5.43. The first-order chi connectivity index (χ1) is 17.6. The number of aliphatic hydroxyl groups is 1. The smallest absolute Gasteiger partial charge is 0.225 e. The predicted molar refractivity (Wildman–Crippen MR) is 143 cm³/mol. The summed E-state index contributed by atoms with van der Waals surface area (Å²) in [6.45, 7) is 5.06. The predicted octanol–water partition coefficient (Wildman–Crippen LogP) is 3.67. The van der Waals surface area contributed by atoms with Crippen LogP contribution in [-0.4, -0.2) is 60.2 Å². The first-order valence-electron chi connectivity index (χ1n) is 12.2. The topological polar surface area (TPSA) is 122 Å². The van der Waals surface area contributed by atoms with E-state index in [1.807, 2.05) is 11.0 Å². The monoisotopic (exact) mass is 569 g/mol. The van der Waals surface area contributed by atoms with Crippen molar-refractivity contribution in [3.05, 3.63) is 52.6 Å². The van der Waals surface area contributed by atoms with Gasteiger partial charge in [-0.05, 0) is 66.9 Å². The zero-order valence-electron chi connectivity index (χ0n) is 20.7. The number of rotatable bonds is 6. The van der Waals surface area contributed by atoms with Crippen LogP contribution < -0.4 is 11.1 Å². The number of carbonyl (C=O) groups excluding carboxylic acids is 1. The molecule has 1 aliphatic rings. The van der Waals surface area contributed by atoms with Crippen LogP contribution in [0.3, 0.4) is 0 Å². The SMILES string of the molecule is CC(C)(O)CC(=O)N1CCC(NCc2nc3c(-c4cnc5ccc(F)cc5c4)cnn3c(N)c2Br)CC1. The van der Waals surface area contributed by atoms with Crippen LogP contribution in [0.5, 0.6) is 0 Å². The number of fused-ring (bicyclic) bond motifs is 2. The van der Waals surface area contributed by atoms with Crippen LogP contribution in [-0.2, 0) is 11.3 Å². The standard InChI is InChI=1S/C26H29BrFN7O2/c1-26(2,37)11-22(36)34-7-5-18(6-8-34)30-14-21-23(27)24(29)35-25(33-21)19(13-32-35)16-9-15-10-17(28)3-4-20(15)31-12-16/h3-4,9-10,12-13,18,30,37H,5-8,11,14,29H2,1-2H3. The van der Waals surface area contributed by atoms with Gasteiger partial charge in [-0.3, -0.25) is 9.78 Å². The minimum Gasteiger partial charge on any atom is -0.390 e. The van der Waals surface area contributed by atoms with Crippen LogP contribution in [0.25, 0.3) is 27.7 Å². The van der Waals surface area contributed by atoms with E-state index in [4.69, 9.17) is 10.7 Å². The second-order valence-electron chi connectivity index (χ2n) is 10.1. The Morgan fingerprint density at radius 2 is 2.03 bits per heavy atom. The third-order valence-corrected chi connectivity index (χ3v) is 7.50. The fraction of sp³-hybridized carbons (Fsp3) is 0.385. The molecule has 5 rings (SSSR count). The number of hydrogen-bond donors (Lipinski definition) is 3. The van der Waals surface area contributed by atoms with Crippen LogP contribution in [0.1, 0.15) is 38.8 Å². The molecule has 0 radical (unpaired) electrons. The Hall–Kier alpha value is -3.15. The van der Waals surface area contributed by atoms with Crippen LogP contribution in [0.15, 0.2) is 41.1 Å². The fourth-order valence-corrected chi connectivity index (χ4v) is 5.07. The molecule has 1 saturated heterocycles. The number of piperidine rings is 1. The van der Waals surface area contributed by atoms with Gasteiger partial charge in [0.1, 0.15) is 11.6 Å². The van der Waals surface area contributed by atoms with Crippen molar-refractivity contribution in [2.45, 2.75) is 51.3 Å². The van der Waals surface area contributed by atoms with Crippen molar-refractivity contribution in [1.82, 2.24) is 29.8 Å². The van der Waals surface area contributed by atoms with Gasteiger partial charge in [0.25, 0.3) is 0 Å². The van der Waals surface area contributed by atoms with Gasteiger partial charge in [-0.2, -0.15) is 9.61 Å². The van der Waals surface area contributed by atoms with Crippen molar-refractivity contribution in [2.75, 3.05) is 18.8 Å². The van der Waals surface area contributed by atoms with Crippen molar-refractivity contribution in [1.29, 1.82) is 0 Å². The van der Waals surface area contributed by atoms with Crippen molar-refractivity contribution in [3.8, 4) is 11.1 Å². The molecule has 3 aromatic heterocycles. The largest absolute Gasteiger partial charge is 0.390 e. The van der Waals surface area contributed by atoms with E-state index in [1.165, 1.54) is 12.1 Å².